The summed E-state index contributed by atoms with van der Waals surface area (Å²) < 4.78 is 5.76. The van der Waals surface area contributed by atoms with Crippen LogP contribution in [0.2, 0.25) is 0 Å². The summed E-state index contributed by atoms with van der Waals surface area (Å²) in [6.45, 7) is 3.52. The highest BCUT2D eigenvalue weighted by Crippen LogP contribution is 2.34. The van der Waals surface area contributed by atoms with Gasteiger partial charge in [-0.2, -0.15) is 0 Å². The second-order valence-electron chi connectivity index (χ2n) is 4.80. The minimum atomic E-state index is -0.483. The number of carbonyl (C=O) groups is 1. The Bertz CT molecular complexity index is 284. The van der Waals surface area contributed by atoms with Gasteiger partial charge in [-0.05, 0) is 19.8 Å². The molecule has 2 aliphatic rings. The van der Waals surface area contributed by atoms with Crippen LogP contribution in [0.4, 0.5) is 0 Å². The minimum Gasteiger partial charge on any atom is -0.393 e. The zero-order valence-electron chi connectivity index (χ0n) is 9.49. The van der Waals surface area contributed by atoms with Gasteiger partial charge in [-0.25, -0.2) is 0 Å². The van der Waals surface area contributed by atoms with E-state index in [2.05, 4.69) is 0 Å². The van der Waals surface area contributed by atoms with Gasteiger partial charge < -0.3 is 14.7 Å². The highest BCUT2D eigenvalue weighted by Gasteiger charge is 2.44. The smallest absolute Gasteiger partial charge is 0.240 e. The van der Waals surface area contributed by atoms with E-state index in [1.807, 2.05) is 0 Å². The standard InChI is InChI=1S/C11H18ClNO3/c1-8(12)10(15)13-4-3-11(7-13)6-9(14)2-5-16-11/h8-9,14H,2-7H2,1H3/t8-,9+,11+/m0/s1. The summed E-state index contributed by atoms with van der Waals surface area (Å²) in [4.78, 5) is 13.5. The molecule has 2 aliphatic heterocycles. The average molecular weight is 248 g/mol. The Kier molecular flexibility index (Phi) is 3.42. The molecular formula is C11H18ClNO3. The third-order valence-electron chi connectivity index (χ3n) is 3.44. The van der Waals surface area contributed by atoms with E-state index in [0.29, 0.717) is 32.5 Å². The molecule has 0 aromatic carbocycles. The van der Waals surface area contributed by atoms with E-state index >= 15 is 0 Å². The van der Waals surface area contributed by atoms with Gasteiger partial charge in [0.05, 0.1) is 11.7 Å². The molecule has 1 spiro atoms. The minimum absolute atomic E-state index is 0.0396. The zero-order chi connectivity index (χ0) is 11.8. The Hall–Kier alpha value is -0.320. The van der Waals surface area contributed by atoms with Crippen molar-refractivity contribution in [2.75, 3.05) is 19.7 Å². The van der Waals surface area contributed by atoms with Gasteiger partial charge in [-0.3, -0.25) is 4.79 Å². The summed E-state index contributed by atoms with van der Waals surface area (Å²) in [6.07, 6.45) is 1.84. The predicted octanol–water partition coefficient (Wildman–Crippen LogP) is 0.756. The van der Waals surface area contributed by atoms with Crippen LogP contribution in [0.3, 0.4) is 0 Å². The SMILES string of the molecule is C[C@H](Cl)C(=O)N1CC[C@@]2(C[C@H](O)CCO2)C1. The highest BCUT2D eigenvalue weighted by atomic mass is 35.5. The van der Waals surface area contributed by atoms with Crippen molar-refractivity contribution in [3.8, 4) is 0 Å². The van der Waals surface area contributed by atoms with E-state index in [9.17, 15) is 9.90 Å². The summed E-state index contributed by atoms with van der Waals surface area (Å²) in [5.41, 5.74) is -0.320. The lowest BCUT2D eigenvalue weighted by Crippen LogP contribution is -2.45. The van der Waals surface area contributed by atoms with Gasteiger partial charge in [0.25, 0.3) is 0 Å². The number of halogens is 1. The number of alkyl halides is 1. The monoisotopic (exact) mass is 247 g/mol. The Labute approximate surface area is 101 Å². The number of hydrogen-bond donors (Lipinski definition) is 1. The molecule has 2 saturated heterocycles. The molecule has 0 aliphatic carbocycles. The van der Waals surface area contributed by atoms with Gasteiger partial charge in [-0.1, -0.05) is 0 Å². The quantitative estimate of drug-likeness (QED) is 0.696. The first-order valence-corrected chi connectivity index (χ1v) is 6.21. The second-order valence-corrected chi connectivity index (χ2v) is 5.46. The molecule has 2 rings (SSSR count). The maximum absolute atomic E-state index is 11.7. The summed E-state index contributed by atoms with van der Waals surface area (Å²) in [5, 5.41) is 9.18. The van der Waals surface area contributed by atoms with Crippen LogP contribution in [0.15, 0.2) is 0 Å². The molecule has 92 valence electrons. The van der Waals surface area contributed by atoms with Crippen LogP contribution in [0.25, 0.3) is 0 Å². The summed E-state index contributed by atoms with van der Waals surface area (Å²) in [6, 6.07) is 0. The highest BCUT2D eigenvalue weighted by molar-refractivity contribution is 6.30. The van der Waals surface area contributed by atoms with Gasteiger partial charge in [0.2, 0.25) is 5.91 Å². The third-order valence-corrected chi connectivity index (χ3v) is 3.62. The number of carbonyl (C=O) groups excluding carboxylic acids is 1. The second kappa shape index (κ2) is 4.51. The van der Waals surface area contributed by atoms with Crippen LogP contribution in [-0.2, 0) is 9.53 Å². The molecule has 4 nitrogen and oxygen atoms in total. The van der Waals surface area contributed by atoms with Crippen LogP contribution < -0.4 is 0 Å². The molecule has 0 unspecified atom stereocenters. The zero-order valence-corrected chi connectivity index (χ0v) is 10.2. The number of nitrogens with zero attached hydrogens (tertiary/aromatic N) is 1. The molecule has 0 aromatic heterocycles. The van der Waals surface area contributed by atoms with Crippen LogP contribution in [-0.4, -0.2) is 52.7 Å². The molecule has 0 radical (unpaired) electrons. The van der Waals surface area contributed by atoms with Crippen LogP contribution >= 0.6 is 11.6 Å². The molecule has 3 atom stereocenters. The molecular weight excluding hydrogens is 230 g/mol. The van der Waals surface area contributed by atoms with Crippen molar-refractivity contribution in [3.05, 3.63) is 0 Å². The molecule has 16 heavy (non-hydrogen) atoms. The first kappa shape index (κ1) is 12.1. The van der Waals surface area contributed by atoms with E-state index in [4.69, 9.17) is 16.3 Å². The maximum atomic E-state index is 11.7. The summed E-state index contributed by atoms with van der Waals surface area (Å²) >= 11 is 5.78. The Morgan fingerprint density at radius 2 is 2.44 bits per heavy atom. The van der Waals surface area contributed by atoms with E-state index < -0.39 is 5.38 Å². The van der Waals surface area contributed by atoms with Crippen molar-refractivity contribution in [1.29, 1.82) is 0 Å². The number of amides is 1. The number of ether oxygens (including phenoxy) is 1. The van der Waals surface area contributed by atoms with Gasteiger partial charge >= 0.3 is 0 Å². The fraction of sp³-hybridized carbons (Fsp3) is 0.909. The first-order valence-electron chi connectivity index (χ1n) is 5.77. The number of hydrogen-bond acceptors (Lipinski definition) is 3. The topological polar surface area (TPSA) is 49.8 Å². The Morgan fingerprint density at radius 3 is 3.06 bits per heavy atom. The first-order chi connectivity index (χ1) is 7.52. The fourth-order valence-electron chi connectivity index (χ4n) is 2.57. The molecule has 0 aromatic rings. The van der Waals surface area contributed by atoms with Gasteiger partial charge in [-0.15, -0.1) is 11.6 Å². The molecule has 1 amide bonds. The molecule has 5 heteroatoms. The van der Waals surface area contributed by atoms with Crippen LogP contribution in [0.1, 0.15) is 26.2 Å². The fourth-order valence-corrected chi connectivity index (χ4v) is 2.71. The predicted molar refractivity (Wildman–Crippen MR) is 60.4 cm³/mol. The summed E-state index contributed by atoms with van der Waals surface area (Å²) in [7, 11) is 0. The van der Waals surface area contributed by atoms with Gasteiger partial charge in [0.15, 0.2) is 0 Å². The van der Waals surface area contributed by atoms with Crippen molar-refractivity contribution >= 4 is 17.5 Å². The summed E-state index contributed by atoms with van der Waals surface area (Å²) in [5.74, 6) is -0.0396. The lowest BCUT2D eigenvalue weighted by Gasteiger charge is -2.36. The largest absolute Gasteiger partial charge is 0.393 e. The Morgan fingerprint density at radius 1 is 1.69 bits per heavy atom. The number of likely N-dealkylation sites (tertiary alicyclic amines) is 1. The van der Waals surface area contributed by atoms with Crippen molar-refractivity contribution in [2.24, 2.45) is 0 Å². The normalized spacial score (nSPS) is 36.7. The van der Waals surface area contributed by atoms with E-state index in [-0.39, 0.29) is 17.6 Å². The van der Waals surface area contributed by atoms with Gasteiger partial charge in [0.1, 0.15) is 5.38 Å². The van der Waals surface area contributed by atoms with Gasteiger partial charge in [0, 0.05) is 26.1 Å². The average Bonchev–Trinajstić information content (AvgIpc) is 2.60. The van der Waals surface area contributed by atoms with Crippen LogP contribution in [0, 0.1) is 0 Å². The third kappa shape index (κ3) is 2.34. The molecule has 2 heterocycles. The molecule has 0 bridgehead atoms. The Balaban J connectivity index is 1.98. The van der Waals surface area contributed by atoms with Crippen molar-refractivity contribution < 1.29 is 14.6 Å². The van der Waals surface area contributed by atoms with Crippen molar-refractivity contribution in [1.82, 2.24) is 4.90 Å². The van der Waals surface area contributed by atoms with E-state index in [1.54, 1.807) is 11.8 Å². The number of rotatable bonds is 1. The number of aliphatic hydroxyl groups is 1. The molecule has 0 saturated carbocycles. The maximum Gasteiger partial charge on any atom is 0.240 e. The van der Waals surface area contributed by atoms with Crippen LogP contribution in [0.5, 0.6) is 0 Å². The lowest BCUT2D eigenvalue weighted by molar-refractivity contribution is -0.135. The van der Waals surface area contributed by atoms with Crippen molar-refractivity contribution in [3.63, 3.8) is 0 Å². The van der Waals surface area contributed by atoms with Crippen molar-refractivity contribution in [2.45, 2.75) is 43.3 Å². The lowest BCUT2D eigenvalue weighted by atomic mass is 9.91. The number of aliphatic hydroxyl groups excluding tert-OH is 1. The van der Waals surface area contributed by atoms with E-state index in [0.717, 1.165) is 6.42 Å². The molecule has 1 N–H and O–H groups in total. The van der Waals surface area contributed by atoms with E-state index in [1.165, 1.54) is 0 Å². The molecule has 2 fully saturated rings.